The molecule has 17 heavy (non-hydrogen) atoms. The van der Waals surface area contributed by atoms with E-state index in [9.17, 15) is 9.59 Å². The summed E-state index contributed by atoms with van der Waals surface area (Å²) in [4.78, 5) is 26.8. The van der Waals surface area contributed by atoms with Crippen molar-refractivity contribution >= 4 is 11.8 Å². The molecule has 0 radical (unpaired) electrons. The van der Waals surface area contributed by atoms with Crippen LogP contribution < -0.4 is 0 Å². The molecule has 0 fully saturated rings. The van der Waals surface area contributed by atoms with E-state index in [-0.39, 0.29) is 6.61 Å². The van der Waals surface area contributed by atoms with E-state index in [2.05, 4.69) is 4.85 Å². The van der Waals surface area contributed by atoms with Gasteiger partial charge in [0.1, 0.15) is 0 Å². The van der Waals surface area contributed by atoms with Crippen LogP contribution in [0.15, 0.2) is 0 Å². The van der Waals surface area contributed by atoms with Crippen LogP contribution in [0.2, 0.25) is 0 Å². The molecule has 0 aromatic carbocycles. The van der Waals surface area contributed by atoms with Crippen LogP contribution in [-0.2, 0) is 14.3 Å². The molecule has 2 atom stereocenters. The normalized spacial score (nSPS) is 15.2. The number of esters is 1. The average Bonchev–Trinajstić information content (AvgIpc) is 2.24. The first-order valence-electron chi connectivity index (χ1n) is 5.33. The molecule has 0 aromatic rings. The summed E-state index contributed by atoms with van der Waals surface area (Å²) in [6.45, 7) is 13.2. The van der Waals surface area contributed by atoms with Gasteiger partial charge in [0.05, 0.1) is 6.61 Å². The number of ketones is 1. The van der Waals surface area contributed by atoms with E-state index < -0.39 is 29.1 Å². The summed E-state index contributed by atoms with van der Waals surface area (Å²) in [5.41, 5.74) is -1.69. The van der Waals surface area contributed by atoms with Gasteiger partial charge in [0.2, 0.25) is 5.41 Å². The van der Waals surface area contributed by atoms with Crippen molar-refractivity contribution in [1.82, 2.24) is 0 Å². The molecular formula is C12H16N2O3. The molecule has 0 rings (SSSR count). The number of hydrogen-bond acceptors (Lipinski definition) is 4. The summed E-state index contributed by atoms with van der Waals surface area (Å²) in [7, 11) is 0. The van der Waals surface area contributed by atoms with Gasteiger partial charge >= 0.3 is 12.0 Å². The lowest BCUT2D eigenvalue weighted by molar-refractivity contribution is -0.162. The van der Waals surface area contributed by atoms with Crippen LogP contribution in [-0.4, -0.2) is 24.4 Å². The van der Waals surface area contributed by atoms with Crippen LogP contribution in [0.3, 0.4) is 0 Å². The van der Waals surface area contributed by atoms with Crippen LogP contribution in [0.4, 0.5) is 0 Å². The maximum Gasteiger partial charge on any atom is 0.330 e. The molecule has 0 aliphatic heterocycles. The van der Waals surface area contributed by atoms with Crippen molar-refractivity contribution < 1.29 is 14.3 Å². The highest BCUT2D eigenvalue weighted by atomic mass is 16.5. The lowest BCUT2D eigenvalue weighted by Gasteiger charge is -2.29. The predicted octanol–water partition coefficient (Wildman–Crippen LogP) is 1.59. The van der Waals surface area contributed by atoms with Gasteiger partial charge in [0.15, 0.2) is 11.9 Å². The summed E-state index contributed by atoms with van der Waals surface area (Å²) < 4.78 is 4.86. The van der Waals surface area contributed by atoms with Crippen LogP contribution in [0.1, 0.15) is 27.7 Å². The number of hydrogen-bond donors (Lipinski definition) is 0. The maximum atomic E-state index is 12.0. The van der Waals surface area contributed by atoms with Crippen LogP contribution in [0.25, 0.3) is 4.85 Å². The van der Waals surface area contributed by atoms with Gasteiger partial charge < -0.3 is 4.74 Å². The molecule has 0 saturated carbocycles. The average molecular weight is 236 g/mol. The van der Waals surface area contributed by atoms with E-state index in [1.807, 2.05) is 0 Å². The lowest BCUT2D eigenvalue weighted by atomic mass is 9.69. The van der Waals surface area contributed by atoms with Gasteiger partial charge in [-0.1, -0.05) is 13.8 Å². The topological polar surface area (TPSA) is 71.5 Å². The molecular weight excluding hydrogens is 220 g/mol. The molecule has 0 bridgehead atoms. The molecule has 0 saturated heterocycles. The SMILES string of the molecule is [C-]#[N+]C(C#N)C(C(C)=O)(C(=O)OCC)C(C)C. The number of ether oxygens (including phenoxy) is 1. The van der Waals surface area contributed by atoms with E-state index in [1.165, 1.54) is 6.92 Å². The van der Waals surface area contributed by atoms with Crippen LogP contribution in [0, 0.1) is 29.2 Å². The molecule has 2 unspecified atom stereocenters. The van der Waals surface area contributed by atoms with E-state index in [1.54, 1.807) is 26.8 Å². The standard InChI is InChI=1S/C12H16N2O3/c1-6-17-11(16)12(8(2)3,9(4)15)10(7-13)14-5/h8,10H,6H2,1-4H3. The number of nitriles is 1. The zero-order valence-electron chi connectivity index (χ0n) is 10.5. The van der Waals surface area contributed by atoms with Gasteiger partial charge in [-0.2, -0.15) is 5.26 Å². The van der Waals surface area contributed by atoms with Crippen LogP contribution >= 0.6 is 0 Å². The highest BCUT2D eigenvalue weighted by molar-refractivity contribution is 6.04. The molecule has 0 heterocycles. The first kappa shape index (κ1) is 15.1. The summed E-state index contributed by atoms with van der Waals surface area (Å²) in [6, 6.07) is 0.371. The Morgan fingerprint density at radius 3 is 2.29 bits per heavy atom. The van der Waals surface area contributed by atoms with Crippen molar-refractivity contribution in [2.45, 2.75) is 33.7 Å². The zero-order chi connectivity index (χ0) is 13.6. The summed E-state index contributed by atoms with van der Waals surface area (Å²) in [5, 5.41) is 8.95. The van der Waals surface area contributed by atoms with Crippen LogP contribution in [0.5, 0.6) is 0 Å². The Morgan fingerprint density at radius 1 is 1.53 bits per heavy atom. The minimum Gasteiger partial charge on any atom is -0.465 e. The molecule has 0 aliphatic carbocycles. The first-order valence-corrected chi connectivity index (χ1v) is 5.33. The monoisotopic (exact) mass is 236 g/mol. The van der Waals surface area contributed by atoms with Crippen molar-refractivity contribution in [3.63, 3.8) is 0 Å². The predicted molar refractivity (Wildman–Crippen MR) is 60.6 cm³/mol. The van der Waals surface area contributed by atoms with Crippen molar-refractivity contribution in [3.8, 4) is 6.07 Å². The minimum absolute atomic E-state index is 0.108. The number of rotatable bonds is 5. The second-order valence-electron chi connectivity index (χ2n) is 3.96. The van der Waals surface area contributed by atoms with E-state index >= 15 is 0 Å². The fourth-order valence-corrected chi connectivity index (χ4v) is 1.89. The molecule has 5 nitrogen and oxygen atoms in total. The van der Waals surface area contributed by atoms with Gasteiger partial charge in [-0.05, 0) is 19.8 Å². The third-order valence-corrected chi connectivity index (χ3v) is 2.79. The second-order valence-corrected chi connectivity index (χ2v) is 3.96. The number of carbonyl (C=O) groups excluding carboxylic acids is 2. The lowest BCUT2D eigenvalue weighted by Crippen LogP contribution is -2.51. The largest absolute Gasteiger partial charge is 0.465 e. The Morgan fingerprint density at radius 2 is 2.06 bits per heavy atom. The third-order valence-electron chi connectivity index (χ3n) is 2.79. The van der Waals surface area contributed by atoms with Crippen molar-refractivity contribution in [2.75, 3.05) is 6.61 Å². The first-order chi connectivity index (χ1) is 7.89. The van der Waals surface area contributed by atoms with E-state index in [4.69, 9.17) is 16.6 Å². The van der Waals surface area contributed by atoms with Gasteiger partial charge in [0.25, 0.3) is 0 Å². The Kier molecular flexibility index (Phi) is 5.34. The number of nitrogens with zero attached hydrogens (tertiary/aromatic N) is 2. The van der Waals surface area contributed by atoms with E-state index in [0.717, 1.165) is 0 Å². The van der Waals surface area contributed by atoms with Gasteiger partial charge in [-0.25, -0.2) is 6.57 Å². The van der Waals surface area contributed by atoms with Crippen molar-refractivity contribution in [2.24, 2.45) is 11.3 Å². The number of Topliss-reactive ketones (excluding diaryl/α,β-unsaturated/α-hetero) is 1. The van der Waals surface area contributed by atoms with Gasteiger partial charge in [0, 0.05) is 0 Å². The molecule has 0 spiro atoms. The fourth-order valence-electron chi connectivity index (χ4n) is 1.89. The Labute approximate surface area is 101 Å². The van der Waals surface area contributed by atoms with Crippen molar-refractivity contribution in [1.29, 1.82) is 5.26 Å². The summed E-state index contributed by atoms with van der Waals surface area (Å²) in [5.74, 6) is -1.77. The number of carbonyl (C=O) groups is 2. The maximum absolute atomic E-state index is 12.0. The molecule has 0 N–H and O–H groups in total. The molecule has 5 heteroatoms. The minimum atomic E-state index is -1.69. The fraction of sp³-hybridized carbons (Fsp3) is 0.667. The molecule has 0 aromatic heterocycles. The Hall–Kier alpha value is -1.88. The molecule has 92 valence electrons. The van der Waals surface area contributed by atoms with E-state index in [0.29, 0.717) is 0 Å². The smallest absolute Gasteiger partial charge is 0.330 e. The quantitative estimate of drug-likeness (QED) is 0.413. The Balaban J connectivity index is 5.80. The summed E-state index contributed by atoms with van der Waals surface area (Å²) >= 11 is 0. The third kappa shape index (κ3) is 2.45. The second kappa shape index (κ2) is 6.00. The highest BCUT2D eigenvalue weighted by Gasteiger charge is 2.59. The highest BCUT2D eigenvalue weighted by Crippen LogP contribution is 2.36. The molecule has 0 amide bonds. The molecule has 0 aliphatic rings. The zero-order valence-corrected chi connectivity index (χ0v) is 10.5. The van der Waals surface area contributed by atoms with Crippen molar-refractivity contribution in [3.05, 3.63) is 11.4 Å². The Bertz CT molecular complexity index is 376. The van der Waals surface area contributed by atoms with Gasteiger partial charge in [-0.3, -0.25) is 14.4 Å². The van der Waals surface area contributed by atoms with Gasteiger partial charge in [-0.15, -0.1) is 0 Å². The summed E-state index contributed by atoms with van der Waals surface area (Å²) in [6.07, 6.45) is 0.